The highest BCUT2D eigenvalue weighted by Gasteiger charge is 2.27. The van der Waals surface area contributed by atoms with E-state index in [0.717, 1.165) is 28.1 Å². The fourth-order valence-corrected chi connectivity index (χ4v) is 4.76. The van der Waals surface area contributed by atoms with Gasteiger partial charge < -0.3 is 19.2 Å². The van der Waals surface area contributed by atoms with Gasteiger partial charge in [-0.25, -0.2) is 14.6 Å². The van der Waals surface area contributed by atoms with Crippen molar-refractivity contribution in [2.45, 2.75) is 33.8 Å². The van der Waals surface area contributed by atoms with Gasteiger partial charge in [0.15, 0.2) is 0 Å². The highest BCUT2D eigenvalue weighted by Crippen LogP contribution is 2.34. The van der Waals surface area contributed by atoms with Gasteiger partial charge in [0.1, 0.15) is 22.1 Å². The monoisotopic (exact) mass is 491 g/mol. The molecule has 0 bridgehead atoms. The number of fused-ring (bicyclic) bond motifs is 1. The number of rotatable bonds is 8. The quantitative estimate of drug-likeness (QED) is 0.358. The Morgan fingerprint density at radius 2 is 1.80 bits per heavy atom. The van der Waals surface area contributed by atoms with Crippen LogP contribution in [0.25, 0.3) is 5.65 Å². The summed E-state index contributed by atoms with van der Waals surface area (Å²) in [4.78, 5) is 43.1. The van der Waals surface area contributed by atoms with Crippen LogP contribution in [0.2, 0.25) is 0 Å². The number of benzene rings is 1. The van der Waals surface area contributed by atoms with Crippen LogP contribution in [-0.2, 0) is 27.3 Å². The van der Waals surface area contributed by atoms with Crippen molar-refractivity contribution in [2.75, 3.05) is 11.9 Å². The third-order valence-corrected chi connectivity index (χ3v) is 6.53. The lowest BCUT2D eigenvalue weighted by atomic mass is 10.1. The molecule has 35 heavy (non-hydrogen) atoms. The van der Waals surface area contributed by atoms with E-state index in [1.165, 1.54) is 0 Å². The van der Waals surface area contributed by atoms with Gasteiger partial charge in [-0.15, -0.1) is 11.3 Å². The van der Waals surface area contributed by atoms with E-state index in [4.69, 9.17) is 9.47 Å². The van der Waals surface area contributed by atoms with Crippen LogP contribution in [0.4, 0.5) is 5.00 Å². The van der Waals surface area contributed by atoms with E-state index >= 15 is 0 Å². The van der Waals surface area contributed by atoms with Crippen LogP contribution in [0, 0.1) is 13.8 Å². The third kappa shape index (κ3) is 5.41. The van der Waals surface area contributed by atoms with Crippen molar-refractivity contribution in [3.63, 3.8) is 0 Å². The average molecular weight is 492 g/mol. The van der Waals surface area contributed by atoms with Crippen LogP contribution in [0.15, 0.2) is 54.9 Å². The number of imidazole rings is 1. The Labute approximate surface area is 206 Å². The van der Waals surface area contributed by atoms with E-state index in [1.807, 2.05) is 60.0 Å². The van der Waals surface area contributed by atoms with Crippen molar-refractivity contribution in [1.29, 1.82) is 0 Å². The zero-order chi connectivity index (χ0) is 24.9. The molecule has 0 unspecified atom stereocenters. The second-order valence-electron chi connectivity index (χ2n) is 7.92. The van der Waals surface area contributed by atoms with Gasteiger partial charge in [0.2, 0.25) is 5.91 Å². The van der Waals surface area contributed by atoms with Crippen molar-refractivity contribution in [3.8, 4) is 0 Å². The lowest BCUT2D eigenvalue weighted by Gasteiger charge is -2.06. The number of esters is 2. The number of carbonyl (C=O) groups is 3. The molecular weight excluding hydrogens is 466 g/mol. The van der Waals surface area contributed by atoms with Crippen LogP contribution in [0.5, 0.6) is 0 Å². The molecule has 0 aliphatic heterocycles. The van der Waals surface area contributed by atoms with Crippen molar-refractivity contribution < 1.29 is 23.9 Å². The highest BCUT2D eigenvalue weighted by molar-refractivity contribution is 7.18. The minimum Gasteiger partial charge on any atom is -0.462 e. The summed E-state index contributed by atoms with van der Waals surface area (Å²) in [5, 5.41) is 3.02. The van der Waals surface area contributed by atoms with Gasteiger partial charge in [0.25, 0.3) is 0 Å². The molecule has 9 heteroatoms. The van der Waals surface area contributed by atoms with Crippen LogP contribution in [0.3, 0.4) is 0 Å². The molecule has 3 aromatic heterocycles. The predicted molar refractivity (Wildman–Crippen MR) is 133 cm³/mol. The van der Waals surface area contributed by atoms with Gasteiger partial charge in [-0.05, 0) is 43.5 Å². The first-order valence-corrected chi connectivity index (χ1v) is 11.9. The maximum Gasteiger partial charge on any atom is 0.349 e. The standard InChI is InChI=1S/C26H25N3O5S/c1-4-33-25(31)21-17(3)22(26(32)34-15-18-10-6-5-7-11-18)35-24(21)28-20(30)13-19-14-29-12-8-9-16(2)23(29)27-19/h5-12,14H,4,13,15H2,1-3H3,(H,28,30). The van der Waals surface area contributed by atoms with E-state index in [2.05, 4.69) is 10.3 Å². The van der Waals surface area contributed by atoms with Crippen molar-refractivity contribution >= 4 is 39.8 Å². The molecule has 4 rings (SSSR count). The minimum absolute atomic E-state index is 0.00806. The Hall–Kier alpha value is -3.98. The summed E-state index contributed by atoms with van der Waals surface area (Å²) in [6.07, 6.45) is 3.67. The lowest BCUT2D eigenvalue weighted by molar-refractivity contribution is -0.115. The van der Waals surface area contributed by atoms with Gasteiger partial charge >= 0.3 is 11.9 Å². The van der Waals surface area contributed by atoms with Gasteiger partial charge in [-0.3, -0.25) is 4.79 Å². The zero-order valence-electron chi connectivity index (χ0n) is 19.7. The molecule has 1 N–H and O–H groups in total. The first kappa shape index (κ1) is 24.2. The first-order chi connectivity index (χ1) is 16.9. The first-order valence-electron chi connectivity index (χ1n) is 11.1. The molecule has 0 aliphatic carbocycles. The summed E-state index contributed by atoms with van der Waals surface area (Å²) in [5.41, 5.74) is 3.77. The van der Waals surface area contributed by atoms with Gasteiger partial charge in [0, 0.05) is 12.4 Å². The van der Waals surface area contributed by atoms with E-state index in [1.54, 1.807) is 20.0 Å². The molecule has 0 radical (unpaired) electrons. The smallest absolute Gasteiger partial charge is 0.349 e. The Balaban J connectivity index is 1.55. The largest absolute Gasteiger partial charge is 0.462 e. The second-order valence-corrected chi connectivity index (χ2v) is 8.94. The molecular formula is C26H25N3O5S. The fourth-order valence-electron chi connectivity index (χ4n) is 3.66. The third-order valence-electron chi connectivity index (χ3n) is 5.35. The zero-order valence-corrected chi connectivity index (χ0v) is 20.5. The number of aryl methyl sites for hydroxylation is 1. The summed E-state index contributed by atoms with van der Waals surface area (Å²) in [7, 11) is 0. The lowest BCUT2D eigenvalue weighted by Crippen LogP contribution is -2.16. The summed E-state index contributed by atoms with van der Waals surface area (Å²) in [6, 6.07) is 13.2. The summed E-state index contributed by atoms with van der Waals surface area (Å²) in [6.45, 7) is 5.54. The average Bonchev–Trinajstić information content (AvgIpc) is 3.39. The number of anilines is 1. The molecule has 0 aliphatic rings. The Kier molecular flexibility index (Phi) is 7.26. The van der Waals surface area contributed by atoms with Crippen LogP contribution in [0.1, 0.15) is 49.3 Å². The van der Waals surface area contributed by atoms with Crippen LogP contribution in [-0.4, -0.2) is 33.8 Å². The fraction of sp³-hybridized carbons (Fsp3) is 0.231. The molecule has 0 saturated heterocycles. The van der Waals surface area contributed by atoms with Crippen molar-refractivity contribution in [2.24, 2.45) is 0 Å². The van der Waals surface area contributed by atoms with E-state index in [0.29, 0.717) is 11.3 Å². The molecule has 4 aromatic rings. The molecule has 0 fully saturated rings. The van der Waals surface area contributed by atoms with Crippen LogP contribution < -0.4 is 5.32 Å². The summed E-state index contributed by atoms with van der Waals surface area (Å²) < 4.78 is 12.5. The number of carbonyl (C=O) groups excluding carboxylic acids is 3. The van der Waals surface area contributed by atoms with E-state index < -0.39 is 11.9 Å². The number of nitrogens with zero attached hydrogens (tertiary/aromatic N) is 2. The molecule has 0 atom stereocenters. The molecule has 1 aromatic carbocycles. The Bertz CT molecular complexity index is 1390. The number of aromatic nitrogens is 2. The number of ether oxygens (including phenoxy) is 2. The Morgan fingerprint density at radius 1 is 1.03 bits per heavy atom. The minimum atomic E-state index is -0.609. The SMILES string of the molecule is CCOC(=O)c1c(NC(=O)Cc2cn3cccc(C)c3n2)sc(C(=O)OCc2ccccc2)c1C. The topological polar surface area (TPSA) is 99.0 Å². The normalized spacial score (nSPS) is 10.8. The second kappa shape index (κ2) is 10.5. The summed E-state index contributed by atoms with van der Waals surface area (Å²) >= 11 is 0.997. The number of amides is 1. The van der Waals surface area contributed by atoms with Gasteiger partial charge in [0.05, 0.1) is 24.3 Å². The Morgan fingerprint density at radius 3 is 2.51 bits per heavy atom. The van der Waals surface area contributed by atoms with Gasteiger partial charge in [-0.1, -0.05) is 36.4 Å². The molecule has 3 heterocycles. The molecule has 180 valence electrons. The molecule has 8 nitrogen and oxygen atoms in total. The van der Waals surface area contributed by atoms with Gasteiger partial charge in [-0.2, -0.15) is 0 Å². The number of hydrogen-bond acceptors (Lipinski definition) is 7. The highest BCUT2D eigenvalue weighted by atomic mass is 32.1. The molecule has 1 amide bonds. The molecule has 0 saturated carbocycles. The summed E-state index contributed by atoms with van der Waals surface area (Å²) in [5.74, 6) is -1.54. The van der Waals surface area contributed by atoms with Crippen molar-refractivity contribution in [1.82, 2.24) is 9.38 Å². The predicted octanol–water partition coefficient (Wildman–Crippen LogP) is 4.73. The van der Waals surface area contributed by atoms with Crippen molar-refractivity contribution in [3.05, 3.63) is 87.7 Å². The van der Waals surface area contributed by atoms with Crippen LogP contribution >= 0.6 is 11.3 Å². The number of nitrogens with one attached hydrogen (secondary N) is 1. The van der Waals surface area contributed by atoms with E-state index in [9.17, 15) is 14.4 Å². The maximum atomic E-state index is 12.9. The maximum absolute atomic E-state index is 12.9. The number of thiophene rings is 1. The molecule has 0 spiro atoms. The number of pyridine rings is 1. The van der Waals surface area contributed by atoms with E-state index in [-0.39, 0.29) is 41.0 Å². The number of hydrogen-bond donors (Lipinski definition) is 1.